The van der Waals surface area contributed by atoms with Crippen LogP contribution < -0.4 is 5.32 Å². The molecule has 2 N–H and O–H groups in total. The fourth-order valence-corrected chi connectivity index (χ4v) is 4.04. The monoisotopic (exact) mass is 287 g/mol. The van der Waals surface area contributed by atoms with E-state index in [-0.39, 0.29) is 23.4 Å². The topological polar surface area (TPSA) is 66.4 Å². The van der Waals surface area contributed by atoms with Crippen molar-refractivity contribution in [2.75, 3.05) is 11.5 Å². The minimum atomic E-state index is -3.17. The Morgan fingerprint density at radius 3 is 2.63 bits per heavy atom. The summed E-state index contributed by atoms with van der Waals surface area (Å²) in [6, 6.07) is 4.20. The molecule has 0 saturated carbocycles. The molecule has 1 aromatic rings. The van der Waals surface area contributed by atoms with E-state index in [1.54, 1.807) is 19.1 Å². The van der Waals surface area contributed by atoms with E-state index >= 15 is 0 Å². The number of aryl methyl sites for hydroxylation is 1. The third kappa shape index (κ3) is 3.32. The second-order valence-corrected chi connectivity index (χ2v) is 7.30. The maximum atomic E-state index is 13.5. The predicted octanol–water partition coefficient (Wildman–Crippen LogP) is 0.943. The van der Waals surface area contributed by atoms with E-state index < -0.39 is 22.0 Å². The van der Waals surface area contributed by atoms with Crippen molar-refractivity contribution in [1.29, 1.82) is 0 Å². The second-order valence-electron chi connectivity index (χ2n) is 5.15. The van der Waals surface area contributed by atoms with E-state index in [2.05, 4.69) is 5.32 Å². The first kappa shape index (κ1) is 14.4. The fraction of sp³-hybridized carbons (Fsp3) is 0.538. The third-order valence-electron chi connectivity index (χ3n) is 3.48. The molecule has 1 aromatic carbocycles. The maximum absolute atomic E-state index is 13.5. The summed E-state index contributed by atoms with van der Waals surface area (Å²) < 4.78 is 36.3. The van der Waals surface area contributed by atoms with Gasteiger partial charge >= 0.3 is 0 Å². The summed E-state index contributed by atoms with van der Waals surface area (Å²) >= 11 is 0. The molecule has 0 radical (unpaired) electrons. The molecule has 19 heavy (non-hydrogen) atoms. The Morgan fingerprint density at radius 1 is 1.42 bits per heavy atom. The number of aliphatic hydroxyl groups is 1. The summed E-state index contributed by atoms with van der Waals surface area (Å²) in [4.78, 5) is 0. The van der Waals surface area contributed by atoms with Crippen molar-refractivity contribution in [2.24, 2.45) is 0 Å². The maximum Gasteiger partial charge on any atom is 0.154 e. The van der Waals surface area contributed by atoms with Crippen molar-refractivity contribution >= 4 is 9.84 Å². The Hall–Kier alpha value is -0.980. The van der Waals surface area contributed by atoms with Gasteiger partial charge in [-0.2, -0.15) is 0 Å². The van der Waals surface area contributed by atoms with Crippen LogP contribution in [0.2, 0.25) is 0 Å². The van der Waals surface area contributed by atoms with Gasteiger partial charge in [-0.3, -0.25) is 0 Å². The molecule has 1 aliphatic rings. The Labute approximate surface area is 112 Å². The lowest BCUT2D eigenvalue weighted by molar-refractivity contribution is 0.160. The predicted molar refractivity (Wildman–Crippen MR) is 71.1 cm³/mol. The number of benzene rings is 1. The van der Waals surface area contributed by atoms with Crippen molar-refractivity contribution in [1.82, 2.24) is 5.32 Å². The normalized spacial score (nSPS) is 27.4. The summed E-state index contributed by atoms with van der Waals surface area (Å²) in [5, 5.41) is 12.8. The van der Waals surface area contributed by atoms with Gasteiger partial charge in [0.1, 0.15) is 5.82 Å². The number of aliphatic hydroxyl groups excluding tert-OH is 1. The Kier molecular flexibility index (Phi) is 3.94. The summed E-state index contributed by atoms with van der Waals surface area (Å²) in [5.41, 5.74) is 1.30. The van der Waals surface area contributed by atoms with Crippen LogP contribution >= 0.6 is 0 Å². The molecule has 6 heteroatoms. The molecule has 4 nitrogen and oxygen atoms in total. The summed E-state index contributed by atoms with van der Waals surface area (Å²) in [7, 11) is -3.17. The highest BCUT2D eigenvalue weighted by Gasteiger charge is 2.36. The van der Waals surface area contributed by atoms with Gasteiger partial charge < -0.3 is 10.4 Å². The van der Waals surface area contributed by atoms with Crippen molar-refractivity contribution in [2.45, 2.75) is 32.0 Å². The highest BCUT2D eigenvalue weighted by atomic mass is 32.2. The molecule has 0 bridgehead atoms. The third-order valence-corrected chi connectivity index (χ3v) is 5.20. The molecule has 1 heterocycles. The van der Waals surface area contributed by atoms with Crippen LogP contribution in [0.25, 0.3) is 0 Å². The van der Waals surface area contributed by atoms with E-state index in [1.165, 1.54) is 6.07 Å². The molecule has 0 aliphatic carbocycles. The smallest absolute Gasteiger partial charge is 0.154 e. The molecule has 2 rings (SSSR count). The van der Waals surface area contributed by atoms with Crippen LogP contribution in [0.4, 0.5) is 4.39 Å². The minimum Gasteiger partial charge on any atom is -0.390 e. The quantitative estimate of drug-likeness (QED) is 0.868. The van der Waals surface area contributed by atoms with Gasteiger partial charge in [-0.1, -0.05) is 12.1 Å². The molecule has 3 atom stereocenters. The van der Waals surface area contributed by atoms with Crippen molar-refractivity contribution < 1.29 is 17.9 Å². The van der Waals surface area contributed by atoms with Crippen molar-refractivity contribution in [3.8, 4) is 0 Å². The van der Waals surface area contributed by atoms with E-state index in [0.717, 1.165) is 5.56 Å². The average Bonchev–Trinajstić information content (AvgIpc) is 2.55. The molecule has 1 saturated heterocycles. The van der Waals surface area contributed by atoms with Gasteiger partial charge in [-0.05, 0) is 31.0 Å². The molecule has 106 valence electrons. The van der Waals surface area contributed by atoms with Crippen LogP contribution in [0, 0.1) is 12.7 Å². The van der Waals surface area contributed by atoms with Gasteiger partial charge in [0.15, 0.2) is 9.84 Å². The zero-order valence-electron chi connectivity index (χ0n) is 10.9. The van der Waals surface area contributed by atoms with E-state index in [9.17, 15) is 17.9 Å². The first-order valence-electron chi connectivity index (χ1n) is 6.19. The van der Waals surface area contributed by atoms with Gasteiger partial charge in [-0.25, -0.2) is 12.8 Å². The molecule has 0 amide bonds. The average molecular weight is 287 g/mol. The molecule has 0 spiro atoms. The van der Waals surface area contributed by atoms with Crippen molar-refractivity contribution in [3.63, 3.8) is 0 Å². The molecular weight excluding hydrogens is 269 g/mol. The number of hydrogen-bond acceptors (Lipinski definition) is 4. The highest BCUT2D eigenvalue weighted by Crippen LogP contribution is 2.20. The number of hydrogen-bond donors (Lipinski definition) is 2. The lowest BCUT2D eigenvalue weighted by Crippen LogP contribution is -2.40. The molecular formula is C13H18FNO3S. The molecule has 1 fully saturated rings. The zero-order valence-corrected chi connectivity index (χ0v) is 11.7. The van der Waals surface area contributed by atoms with Gasteiger partial charge in [0.25, 0.3) is 0 Å². The van der Waals surface area contributed by atoms with Gasteiger partial charge in [-0.15, -0.1) is 0 Å². The van der Waals surface area contributed by atoms with Gasteiger partial charge in [0.2, 0.25) is 0 Å². The minimum absolute atomic E-state index is 0.0765. The lowest BCUT2D eigenvalue weighted by Gasteiger charge is -2.21. The van der Waals surface area contributed by atoms with Crippen LogP contribution in [0.3, 0.4) is 0 Å². The Bertz CT molecular complexity index is 573. The van der Waals surface area contributed by atoms with Crippen LogP contribution in [-0.4, -0.2) is 37.2 Å². The first-order chi connectivity index (χ1) is 8.78. The Morgan fingerprint density at radius 2 is 2.11 bits per heavy atom. The van der Waals surface area contributed by atoms with Gasteiger partial charge in [0.05, 0.1) is 17.6 Å². The number of nitrogens with one attached hydrogen (secondary N) is 1. The van der Waals surface area contributed by atoms with Crippen LogP contribution in [0.5, 0.6) is 0 Å². The fourth-order valence-electron chi connectivity index (χ4n) is 2.28. The van der Waals surface area contributed by atoms with Crippen LogP contribution in [0.1, 0.15) is 24.1 Å². The van der Waals surface area contributed by atoms with Gasteiger partial charge in [0, 0.05) is 12.1 Å². The highest BCUT2D eigenvalue weighted by molar-refractivity contribution is 7.91. The number of halogens is 1. The lowest BCUT2D eigenvalue weighted by atomic mass is 10.0. The number of sulfone groups is 1. The van der Waals surface area contributed by atoms with E-state index in [4.69, 9.17) is 0 Å². The van der Waals surface area contributed by atoms with E-state index in [0.29, 0.717) is 5.56 Å². The molecule has 3 unspecified atom stereocenters. The molecule has 1 aliphatic heterocycles. The van der Waals surface area contributed by atoms with Crippen LogP contribution in [-0.2, 0) is 9.84 Å². The molecule has 0 aromatic heterocycles. The first-order valence-corrected chi connectivity index (χ1v) is 8.01. The SMILES string of the molecule is Cc1ccc(C(C)NC2CS(=O)(=O)CC2O)cc1F. The number of rotatable bonds is 3. The largest absolute Gasteiger partial charge is 0.390 e. The Balaban J connectivity index is 2.09. The summed E-state index contributed by atoms with van der Waals surface area (Å²) in [6.45, 7) is 3.51. The standard InChI is InChI=1S/C13H18FNO3S/c1-8-3-4-10(5-11(8)14)9(2)15-12-6-19(17,18)7-13(12)16/h3-5,9,12-13,15-16H,6-7H2,1-2H3. The zero-order chi connectivity index (χ0) is 14.2. The van der Waals surface area contributed by atoms with Crippen molar-refractivity contribution in [3.05, 3.63) is 35.1 Å². The van der Waals surface area contributed by atoms with Crippen LogP contribution in [0.15, 0.2) is 18.2 Å². The summed E-state index contributed by atoms with van der Waals surface area (Å²) in [5.74, 6) is -0.572. The van der Waals surface area contributed by atoms with E-state index in [1.807, 2.05) is 6.92 Å². The second kappa shape index (κ2) is 5.19. The summed E-state index contributed by atoms with van der Waals surface area (Å²) in [6.07, 6.45) is -0.900.